The number of hydrogen-bond acceptors (Lipinski definition) is 3. The van der Waals surface area contributed by atoms with Crippen LogP contribution in [0.15, 0.2) is 48.5 Å². The molecule has 1 aliphatic rings. The second-order valence-electron chi connectivity index (χ2n) is 5.99. The van der Waals surface area contributed by atoms with Crippen LogP contribution < -0.4 is 10.6 Å². The predicted molar refractivity (Wildman–Crippen MR) is 100 cm³/mol. The molecule has 0 spiro atoms. The number of likely N-dealkylation sites (tertiary alicyclic amines) is 1. The zero-order chi connectivity index (χ0) is 17.6. The number of halogens is 1. The molecule has 0 unspecified atom stereocenters. The van der Waals surface area contributed by atoms with Gasteiger partial charge >= 0.3 is 0 Å². The molecule has 0 aromatic heterocycles. The van der Waals surface area contributed by atoms with E-state index in [0.29, 0.717) is 16.3 Å². The lowest BCUT2D eigenvalue weighted by molar-refractivity contribution is -0.114. The van der Waals surface area contributed by atoms with Crippen molar-refractivity contribution < 1.29 is 9.59 Å². The summed E-state index contributed by atoms with van der Waals surface area (Å²) in [5.74, 6) is -0.170. The molecular formula is C19H20ClN3O2. The molecule has 25 heavy (non-hydrogen) atoms. The second-order valence-corrected chi connectivity index (χ2v) is 6.43. The summed E-state index contributed by atoms with van der Waals surface area (Å²) < 4.78 is 0. The Morgan fingerprint density at radius 3 is 2.48 bits per heavy atom. The molecule has 130 valence electrons. The number of carbonyl (C=O) groups excluding carboxylic acids is 2. The minimum Gasteiger partial charge on any atom is -0.376 e. The van der Waals surface area contributed by atoms with Gasteiger partial charge in [-0.25, -0.2) is 0 Å². The van der Waals surface area contributed by atoms with Crippen molar-refractivity contribution >= 4 is 34.8 Å². The lowest BCUT2D eigenvalue weighted by Crippen LogP contribution is -2.27. The van der Waals surface area contributed by atoms with Crippen LogP contribution in [0, 0.1) is 0 Å². The highest BCUT2D eigenvalue weighted by Crippen LogP contribution is 2.17. The summed E-state index contributed by atoms with van der Waals surface area (Å²) >= 11 is 5.91. The maximum Gasteiger partial charge on any atom is 0.253 e. The molecule has 3 rings (SSSR count). The van der Waals surface area contributed by atoms with Gasteiger partial charge in [0.25, 0.3) is 5.91 Å². The van der Waals surface area contributed by atoms with Crippen molar-refractivity contribution in [2.75, 3.05) is 30.3 Å². The van der Waals surface area contributed by atoms with Gasteiger partial charge in [-0.1, -0.05) is 23.7 Å². The van der Waals surface area contributed by atoms with Gasteiger partial charge in [0.2, 0.25) is 5.91 Å². The number of carbonyl (C=O) groups is 2. The van der Waals surface area contributed by atoms with Crippen molar-refractivity contribution in [2.45, 2.75) is 12.8 Å². The summed E-state index contributed by atoms with van der Waals surface area (Å²) in [6.07, 6.45) is 2.11. The molecule has 5 nitrogen and oxygen atoms in total. The molecule has 0 bridgehead atoms. The van der Waals surface area contributed by atoms with Crippen LogP contribution >= 0.6 is 11.6 Å². The number of nitrogens with one attached hydrogen (secondary N) is 2. The summed E-state index contributed by atoms with van der Waals surface area (Å²) in [5, 5.41) is 6.43. The van der Waals surface area contributed by atoms with Crippen molar-refractivity contribution in [3.8, 4) is 0 Å². The van der Waals surface area contributed by atoms with Crippen molar-refractivity contribution in [1.82, 2.24) is 4.90 Å². The Balaban J connectivity index is 1.57. The first-order valence-electron chi connectivity index (χ1n) is 8.30. The molecule has 1 fully saturated rings. The Bertz CT molecular complexity index is 773. The van der Waals surface area contributed by atoms with E-state index in [1.807, 2.05) is 17.0 Å². The largest absolute Gasteiger partial charge is 0.376 e. The van der Waals surface area contributed by atoms with Crippen LogP contribution in [0.4, 0.5) is 11.4 Å². The maximum absolute atomic E-state index is 12.4. The minimum absolute atomic E-state index is 0.0191. The number of rotatable bonds is 5. The van der Waals surface area contributed by atoms with Crippen LogP contribution in [0.2, 0.25) is 5.02 Å². The molecule has 2 aromatic carbocycles. The molecule has 1 aliphatic heterocycles. The van der Waals surface area contributed by atoms with E-state index < -0.39 is 0 Å². The van der Waals surface area contributed by atoms with Gasteiger partial charge in [-0.05, 0) is 49.2 Å². The zero-order valence-electron chi connectivity index (χ0n) is 13.8. The Morgan fingerprint density at radius 2 is 1.72 bits per heavy atom. The molecule has 2 amide bonds. The average Bonchev–Trinajstić information content (AvgIpc) is 3.14. The third-order valence-corrected chi connectivity index (χ3v) is 4.30. The smallest absolute Gasteiger partial charge is 0.253 e. The maximum atomic E-state index is 12.4. The van der Waals surface area contributed by atoms with E-state index in [1.54, 1.807) is 36.4 Å². The predicted octanol–water partition coefficient (Wildman–Crippen LogP) is 3.63. The Kier molecular flexibility index (Phi) is 5.56. The van der Waals surface area contributed by atoms with E-state index in [1.165, 1.54) is 0 Å². The molecule has 1 heterocycles. The van der Waals surface area contributed by atoms with E-state index in [2.05, 4.69) is 10.6 Å². The molecule has 0 aliphatic carbocycles. The SMILES string of the molecule is O=C(CNc1cccc(Cl)c1)Nc1cccc(C(=O)N2CCCC2)c1. The first kappa shape index (κ1) is 17.3. The quantitative estimate of drug-likeness (QED) is 0.859. The van der Waals surface area contributed by atoms with Gasteiger partial charge < -0.3 is 15.5 Å². The fraction of sp³-hybridized carbons (Fsp3) is 0.263. The topological polar surface area (TPSA) is 61.4 Å². The first-order valence-corrected chi connectivity index (χ1v) is 8.68. The van der Waals surface area contributed by atoms with Gasteiger partial charge in [0.15, 0.2) is 0 Å². The highest BCUT2D eigenvalue weighted by Gasteiger charge is 2.19. The van der Waals surface area contributed by atoms with Crippen molar-refractivity contribution in [3.05, 3.63) is 59.1 Å². The highest BCUT2D eigenvalue weighted by molar-refractivity contribution is 6.30. The third kappa shape index (κ3) is 4.73. The molecule has 0 saturated carbocycles. The van der Waals surface area contributed by atoms with Crippen LogP contribution in [0.3, 0.4) is 0 Å². The fourth-order valence-electron chi connectivity index (χ4n) is 2.82. The lowest BCUT2D eigenvalue weighted by Gasteiger charge is -2.16. The van der Waals surface area contributed by atoms with E-state index in [4.69, 9.17) is 11.6 Å². The summed E-state index contributed by atoms with van der Waals surface area (Å²) in [7, 11) is 0. The summed E-state index contributed by atoms with van der Waals surface area (Å²) in [5.41, 5.74) is 1.99. The zero-order valence-corrected chi connectivity index (χ0v) is 14.6. The van der Waals surface area contributed by atoms with Crippen molar-refractivity contribution in [3.63, 3.8) is 0 Å². The summed E-state index contributed by atoms with van der Waals surface area (Å²) in [4.78, 5) is 26.4. The Hall–Kier alpha value is -2.53. The van der Waals surface area contributed by atoms with Crippen molar-refractivity contribution in [2.24, 2.45) is 0 Å². The Morgan fingerprint density at radius 1 is 1.00 bits per heavy atom. The first-order chi connectivity index (χ1) is 12.1. The highest BCUT2D eigenvalue weighted by atomic mass is 35.5. The third-order valence-electron chi connectivity index (χ3n) is 4.06. The molecule has 0 atom stereocenters. The average molecular weight is 358 g/mol. The molecular weight excluding hydrogens is 338 g/mol. The van der Waals surface area contributed by atoms with Crippen LogP contribution in [0.5, 0.6) is 0 Å². The lowest BCUT2D eigenvalue weighted by atomic mass is 10.1. The number of anilines is 2. The summed E-state index contributed by atoms with van der Waals surface area (Å²) in [6.45, 7) is 1.72. The summed E-state index contributed by atoms with van der Waals surface area (Å²) in [6, 6.07) is 14.2. The normalized spacial score (nSPS) is 13.6. The molecule has 0 radical (unpaired) electrons. The van der Waals surface area contributed by atoms with E-state index in [9.17, 15) is 9.59 Å². The standard InChI is InChI=1S/C19H20ClN3O2/c20-15-6-4-7-16(12-15)21-13-18(24)22-17-8-3-5-14(11-17)19(25)23-9-1-2-10-23/h3-8,11-12,21H,1-2,9-10,13H2,(H,22,24). The monoisotopic (exact) mass is 357 g/mol. The van der Waals surface area contributed by atoms with E-state index in [0.717, 1.165) is 31.6 Å². The van der Waals surface area contributed by atoms with Crippen LogP contribution in [-0.4, -0.2) is 36.3 Å². The van der Waals surface area contributed by atoms with Crippen LogP contribution in [0.25, 0.3) is 0 Å². The Labute approximate surface area is 152 Å². The number of amides is 2. The number of hydrogen-bond donors (Lipinski definition) is 2. The van der Waals surface area contributed by atoms with Gasteiger partial charge in [-0.15, -0.1) is 0 Å². The van der Waals surface area contributed by atoms with Gasteiger partial charge in [0.1, 0.15) is 0 Å². The van der Waals surface area contributed by atoms with Gasteiger partial charge in [-0.3, -0.25) is 9.59 Å². The van der Waals surface area contributed by atoms with Gasteiger partial charge in [-0.2, -0.15) is 0 Å². The minimum atomic E-state index is -0.189. The number of nitrogens with zero attached hydrogens (tertiary/aromatic N) is 1. The molecule has 2 aromatic rings. The van der Waals surface area contributed by atoms with Crippen LogP contribution in [0.1, 0.15) is 23.2 Å². The van der Waals surface area contributed by atoms with Gasteiger partial charge in [0, 0.05) is 35.1 Å². The van der Waals surface area contributed by atoms with E-state index >= 15 is 0 Å². The van der Waals surface area contributed by atoms with Crippen LogP contribution in [-0.2, 0) is 4.79 Å². The second kappa shape index (κ2) is 8.03. The number of benzene rings is 2. The fourth-order valence-corrected chi connectivity index (χ4v) is 3.01. The van der Waals surface area contributed by atoms with Crippen molar-refractivity contribution in [1.29, 1.82) is 0 Å². The molecule has 6 heteroatoms. The van der Waals surface area contributed by atoms with Gasteiger partial charge in [0.05, 0.1) is 6.54 Å². The van der Waals surface area contributed by atoms with E-state index in [-0.39, 0.29) is 18.4 Å². The molecule has 1 saturated heterocycles. The molecule has 2 N–H and O–H groups in total.